The zero-order valence-corrected chi connectivity index (χ0v) is 35.7. The Bertz CT molecular complexity index is 945. The van der Waals surface area contributed by atoms with Crippen molar-refractivity contribution >= 4 is 0 Å². The summed E-state index contributed by atoms with van der Waals surface area (Å²) in [6.07, 6.45) is -4.15. The molecule has 0 spiro atoms. The molecule has 59 heavy (non-hydrogen) atoms. The Labute approximate surface area is 349 Å². The number of aliphatic hydroxyl groups excluding tert-OH is 9. The van der Waals surface area contributed by atoms with E-state index in [1.807, 2.05) is 0 Å². The molecule has 6 unspecified atom stereocenters. The predicted octanol–water partition coefficient (Wildman–Crippen LogP) is -0.171. The first-order valence-electron chi connectivity index (χ1n) is 21.7. The van der Waals surface area contributed by atoms with E-state index in [2.05, 4.69) is 6.92 Å². The summed E-state index contributed by atoms with van der Waals surface area (Å²) in [5.41, 5.74) is -0.398. The molecule has 18 heteroatoms. The number of hydrogen-bond donors (Lipinski definition) is 9. The molecule has 3 fully saturated rings. The fourth-order valence-electron chi connectivity index (χ4n) is 7.36. The Morgan fingerprint density at radius 1 is 0.390 bits per heavy atom. The average Bonchev–Trinajstić information content (AvgIpc) is 3.23. The molecular formula is C41H78O18. The molecule has 3 heterocycles. The van der Waals surface area contributed by atoms with Gasteiger partial charge in [-0.15, -0.1) is 0 Å². The molecule has 3 rings (SSSR count). The third kappa shape index (κ3) is 17.1. The fourth-order valence-corrected chi connectivity index (χ4v) is 7.36. The van der Waals surface area contributed by atoms with Crippen molar-refractivity contribution < 1.29 is 88.6 Å². The minimum atomic E-state index is -1.16. The number of rotatable bonds is 30. The highest BCUT2D eigenvalue weighted by molar-refractivity contribution is 4.89. The summed E-state index contributed by atoms with van der Waals surface area (Å²) >= 11 is 0. The molecule has 0 aromatic heterocycles. The first-order valence-corrected chi connectivity index (χ1v) is 21.7. The maximum Gasteiger partial charge on any atom is 0.163 e. The van der Waals surface area contributed by atoms with Crippen LogP contribution in [-0.4, -0.2) is 199 Å². The summed E-state index contributed by atoms with van der Waals surface area (Å²) in [6.45, 7) is 10.2. The predicted molar refractivity (Wildman–Crippen MR) is 211 cm³/mol. The maximum absolute atomic E-state index is 10.2. The summed E-state index contributed by atoms with van der Waals surface area (Å²) in [5.74, 6) is -1.29. The van der Waals surface area contributed by atoms with Crippen LogP contribution in [0.15, 0.2) is 0 Å². The normalized spacial score (nSPS) is 36.5. The van der Waals surface area contributed by atoms with E-state index in [0.717, 1.165) is 57.8 Å². The van der Waals surface area contributed by atoms with Gasteiger partial charge in [-0.25, -0.2) is 0 Å². The molecule has 0 aromatic rings. The van der Waals surface area contributed by atoms with Gasteiger partial charge in [0.2, 0.25) is 0 Å². The zero-order valence-electron chi connectivity index (χ0n) is 35.7. The van der Waals surface area contributed by atoms with Gasteiger partial charge >= 0.3 is 0 Å². The Morgan fingerprint density at radius 2 is 0.644 bits per heavy atom. The quantitative estimate of drug-likeness (QED) is 0.0425. The second-order valence-corrected chi connectivity index (χ2v) is 17.0. The molecule has 350 valence electrons. The number of unbranched alkanes of at least 4 members (excludes halogenated alkanes) is 6. The summed E-state index contributed by atoms with van der Waals surface area (Å²) in [5, 5.41) is 89.2. The highest BCUT2D eigenvalue weighted by Gasteiger charge is 2.44. The topological polar surface area (TPSA) is 265 Å². The lowest BCUT2D eigenvalue weighted by atomic mass is 9.92. The van der Waals surface area contributed by atoms with Crippen molar-refractivity contribution in [2.45, 2.75) is 159 Å². The van der Waals surface area contributed by atoms with Gasteiger partial charge in [0.25, 0.3) is 0 Å². The van der Waals surface area contributed by atoms with Crippen molar-refractivity contribution in [1.82, 2.24) is 0 Å². The van der Waals surface area contributed by atoms with Crippen molar-refractivity contribution in [3.05, 3.63) is 0 Å². The van der Waals surface area contributed by atoms with Gasteiger partial charge in [0.15, 0.2) is 18.9 Å². The second-order valence-electron chi connectivity index (χ2n) is 17.0. The first kappa shape index (κ1) is 52.6. The number of ether oxygens (including phenoxy) is 9. The van der Waals surface area contributed by atoms with E-state index in [1.54, 1.807) is 20.8 Å². The monoisotopic (exact) mass is 859 g/mol. The van der Waals surface area contributed by atoms with Crippen molar-refractivity contribution in [1.29, 1.82) is 0 Å². The summed E-state index contributed by atoms with van der Waals surface area (Å²) < 4.78 is 52.7. The van der Waals surface area contributed by atoms with Crippen LogP contribution >= 0.6 is 0 Å². The van der Waals surface area contributed by atoms with Gasteiger partial charge < -0.3 is 88.6 Å². The van der Waals surface area contributed by atoms with Gasteiger partial charge in [-0.05, 0) is 57.8 Å². The van der Waals surface area contributed by atoms with Crippen LogP contribution in [0.5, 0.6) is 0 Å². The molecule has 0 bridgehead atoms. The van der Waals surface area contributed by atoms with E-state index in [-0.39, 0.29) is 0 Å². The van der Waals surface area contributed by atoms with Crippen molar-refractivity contribution in [3.63, 3.8) is 0 Å². The average molecular weight is 859 g/mol. The minimum absolute atomic E-state index is 0.398. The van der Waals surface area contributed by atoms with E-state index in [0.29, 0.717) is 59.5 Å². The largest absolute Gasteiger partial charge is 0.394 e. The summed E-state index contributed by atoms with van der Waals surface area (Å²) in [6, 6.07) is 0. The molecule has 3 saturated heterocycles. The lowest BCUT2D eigenvalue weighted by Gasteiger charge is -2.40. The molecule has 15 atom stereocenters. The Morgan fingerprint density at radius 3 is 0.898 bits per heavy atom. The Hall–Kier alpha value is -0.720. The number of hydrogen-bond acceptors (Lipinski definition) is 18. The lowest BCUT2D eigenvalue weighted by molar-refractivity contribution is -0.282. The molecule has 0 aromatic carbocycles. The van der Waals surface area contributed by atoms with E-state index in [4.69, 9.17) is 42.6 Å². The Kier molecular flexibility index (Phi) is 25.1. The molecule has 0 saturated carbocycles. The van der Waals surface area contributed by atoms with E-state index >= 15 is 0 Å². The van der Waals surface area contributed by atoms with Crippen molar-refractivity contribution in [2.24, 2.45) is 23.2 Å². The standard InChI is InChI=1S/C41H78O18/c1-26-32(45)35(48)29(20-42)57-38(26)54-17-11-5-8-14-51-23-41(4,24-52-15-9-6-12-18-55-39-27(2)33(46)36(49)30(21-43)58-39)25-53-16-10-7-13-19-56-40-28(3)34(47)37(50)31(22-44)59-40/h26-40,42-50H,5-25H2,1-4H3/t26-,27-,28?,29?,30?,31?,32?,33?,34+,35-,36-,37-,38+,39+,40+,41?/m0/s1. The molecule has 0 amide bonds. The third-order valence-corrected chi connectivity index (χ3v) is 11.6. The van der Waals surface area contributed by atoms with Crippen LogP contribution in [0.1, 0.15) is 85.5 Å². The highest BCUT2D eigenvalue weighted by atomic mass is 16.7. The van der Waals surface area contributed by atoms with E-state index in [9.17, 15) is 46.0 Å². The van der Waals surface area contributed by atoms with Crippen molar-refractivity contribution in [2.75, 3.05) is 79.3 Å². The van der Waals surface area contributed by atoms with Crippen LogP contribution in [0.2, 0.25) is 0 Å². The van der Waals surface area contributed by atoms with Crippen LogP contribution in [0.25, 0.3) is 0 Å². The molecule has 0 radical (unpaired) electrons. The van der Waals surface area contributed by atoms with E-state index in [1.165, 1.54) is 0 Å². The molecule has 18 nitrogen and oxygen atoms in total. The SMILES string of the molecule is CC1[C@H](OCCCCCOCC(C)(COCCCCCO[C@@H]2OC(CO)[C@H](O)C(O)[C@@H]2C)COCCCCCO[C@@H]2OC(CO)[C@H](O)C(O)[C@@H]2C)OC(CO)[C@H](O)[C@@H]1O. The minimum Gasteiger partial charge on any atom is -0.394 e. The zero-order chi connectivity index (χ0) is 43.4. The first-order chi connectivity index (χ1) is 28.3. The third-order valence-electron chi connectivity index (χ3n) is 11.6. The molecule has 0 aliphatic carbocycles. The molecular weight excluding hydrogens is 780 g/mol. The van der Waals surface area contributed by atoms with Crippen molar-refractivity contribution in [3.8, 4) is 0 Å². The Balaban J connectivity index is 1.33. The molecule has 3 aliphatic heterocycles. The van der Waals surface area contributed by atoms with Crippen LogP contribution in [0, 0.1) is 23.2 Å². The van der Waals surface area contributed by atoms with Gasteiger partial charge in [-0.1, -0.05) is 27.7 Å². The smallest absolute Gasteiger partial charge is 0.163 e. The summed E-state index contributed by atoms with van der Waals surface area (Å²) in [7, 11) is 0. The molecule has 9 N–H and O–H groups in total. The van der Waals surface area contributed by atoms with Crippen LogP contribution in [-0.2, 0) is 42.6 Å². The van der Waals surface area contributed by atoms with Gasteiger partial charge in [0.05, 0.1) is 58.0 Å². The summed E-state index contributed by atoms with van der Waals surface area (Å²) in [4.78, 5) is 0. The highest BCUT2D eigenvalue weighted by Crippen LogP contribution is 2.29. The lowest BCUT2D eigenvalue weighted by Crippen LogP contribution is -2.55. The maximum atomic E-state index is 10.2. The van der Waals surface area contributed by atoms with Gasteiger partial charge in [-0.2, -0.15) is 0 Å². The van der Waals surface area contributed by atoms with E-state index < -0.39 is 117 Å². The second kappa shape index (κ2) is 28.2. The number of aliphatic hydroxyl groups is 9. The fraction of sp³-hybridized carbons (Fsp3) is 1.00. The van der Waals surface area contributed by atoms with Gasteiger partial charge in [0.1, 0.15) is 36.6 Å². The van der Waals surface area contributed by atoms with Crippen LogP contribution in [0.4, 0.5) is 0 Å². The van der Waals surface area contributed by atoms with Gasteiger partial charge in [0, 0.05) is 62.8 Å². The van der Waals surface area contributed by atoms with Gasteiger partial charge in [-0.3, -0.25) is 0 Å². The van der Waals surface area contributed by atoms with Crippen LogP contribution in [0.3, 0.4) is 0 Å². The molecule has 3 aliphatic rings. The van der Waals surface area contributed by atoms with Crippen LogP contribution < -0.4 is 0 Å².